The number of benzene rings is 2. The van der Waals surface area contributed by atoms with E-state index in [1.54, 1.807) is 37.4 Å². The summed E-state index contributed by atoms with van der Waals surface area (Å²) in [5.41, 5.74) is 0.944. The largest absolute Gasteiger partial charge is 0.488 e. The van der Waals surface area contributed by atoms with Crippen LogP contribution in [-0.4, -0.2) is 52.1 Å². The van der Waals surface area contributed by atoms with Crippen molar-refractivity contribution in [3.63, 3.8) is 0 Å². The molecule has 1 N–H and O–H groups in total. The fourth-order valence-corrected chi connectivity index (χ4v) is 5.27. The lowest BCUT2D eigenvalue weighted by Crippen LogP contribution is -2.18. The molecule has 1 aromatic heterocycles. The number of rotatable bonds is 11. The number of aromatic nitrogens is 1. The summed E-state index contributed by atoms with van der Waals surface area (Å²) < 4.78 is 51.8. The number of ether oxygens (including phenoxy) is 3. The van der Waals surface area contributed by atoms with Crippen LogP contribution >= 0.6 is 19.1 Å². The molecule has 2 atom stereocenters. The zero-order valence-electron chi connectivity index (χ0n) is 19.7. The molecule has 1 heterocycles. The molecule has 0 fully saturated rings. The van der Waals surface area contributed by atoms with E-state index in [0.29, 0.717) is 40.8 Å². The molecule has 0 saturated heterocycles. The topological polar surface area (TPSA) is 121 Å². The van der Waals surface area contributed by atoms with Gasteiger partial charge in [0.2, 0.25) is 0 Å². The third-order valence-electron chi connectivity index (χ3n) is 4.57. The summed E-state index contributed by atoms with van der Waals surface area (Å²) in [6.45, 7) is 3.84. The average Bonchev–Trinajstić information content (AvgIpc) is 3.19. The standard InChI is InChI=1S/C23H27N2O7PS2/c1-15(12-30-2)31-19-9-16(22(26)25-23-24-17(14-34-23)13-33(3)27)10-20(11-19)32-18-5-7-21(8-6-18)35(4,28)29/h5-11,14-15,33H,12-13H2,1-4H3,(H,24,25,26)/t15-/m0/s1. The van der Waals surface area contributed by atoms with E-state index in [2.05, 4.69) is 10.3 Å². The summed E-state index contributed by atoms with van der Waals surface area (Å²) in [5, 5.41) is 4.91. The maximum absolute atomic E-state index is 13.0. The first kappa shape index (κ1) is 26.9. The maximum Gasteiger partial charge on any atom is 0.257 e. The van der Waals surface area contributed by atoms with Gasteiger partial charge in [-0.05, 0) is 50.0 Å². The predicted octanol–water partition coefficient (Wildman–Crippen LogP) is 4.69. The minimum atomic E-state index is -3.33. The average molecular weight is 539 g/mol. The molecule has 0 spiro atoms. The zero-order valence-corrected chi connectivity index (χ0v) is 22.4. The molecule has 3 aromatic rings. The van der Waals surface area contributed by atoms with Gasteiger partial charge in [0.25, 0.3) is 5.91 Å². The molecule has 0 radical (unpaired) electrons. The normalized spacial score (nSPS) is 13.1. The molecule has 9 nitrogen and oxygen atoms in total. The number of anilines is 1. The molecule has 0 aliphatic carbocycles. The molecule has 35 heavy (non-hydrogen) atoms. The molecule has 0 aliphatic rings. The van der Waals surface area contributed by atoms with Gasteiger partial charge in [0.1, 0.15) is 23.4 Å². The van der Waals surface area contributed by atoms with Crippen molar-refractivity contribution in [1.82, 2.24) is 4.98 Å². The minimum absolute atomic E-state index is 0.173. The number of hydrogen-bond acceptors (Lipinski definition) is 9. The van der Waals surface area contributed by atoms with E-state index < -0.39 is 23.5 Å². The van der Waals surface area contributed by atoms with Crippen molar-refractivity contribution in [2.24, 2.45) is 0 Å². The number of methoxy groups -OCH3 is 1. The molecule has 0 saturated carbocycles. The Kier molecular flexibility index (Phi) is 9.07. The lowest BCUT2D eigenvalue weighted by molar-refractivity contribution is 0.0916. The van der Waals surface area contributed by atoms with Crippen LogP contribution in [0.5, 0.6) is 17.2 Å². The van der Waals surface area contributed by atoms with E-state index in [4.69, 9.17) is 14.2 Å². The van der Waals surface area contributed by atoms with E-state index in [9.17, 15) is 17.8 Å². The second kappa shape index (κ2) is 11.8. The number of thiazole rings is 1. The third-order valence-corrected chi connectivity index (χ3v) is 7.37. The molecular weight excluding hydrogens is 511 g/mol. The monoisotopic (exact) mass is 538 g/mol. The van der Waals surface area contributed by atoms with Gasteiger partial charge in [-0.1, -0.05) is 0 Å². The first-order valence-electron chi connectivity index (χ1n) is 10.6. The summed E-state index contributed by atoms with van der Waals surface area (Å²) in [6.07, 6.45) is 1.23. The molecule has 2 aromatic carbocycles. The molecule has 0 aliphatic heterocycles. The number of nitrogens with one attached hydrogen (secondary N) is 1. The molecule has 1 amide bonds. The zero-order chi connectivity index (χ0) is 25.6. The lowest BCUT2D eigenvalue weighted by Gasteiger charge is -2.16. The highest BCUT2D eigenvalue weighted by Crippen LogP contribution is 2.30. The molecule has 188 valence electrons. The second-order valence-electron chi connectivity index (χ2n) is 7.90. The van der Waals surface area contributed by atoms with E-state index in [-0.39, 0.29) is 16.6 Å². The van der Waals surface area contributed by atoms with Gasteiger partial charge in [0.15, 0.2) is 15.0 Å². The summed E-state index contributed by atoms with van der Waals surface area (Å²) in [7, 11) is -3.48. The Morgan fingerprint density at radius 2 is 1.83 bits per heavy atom. The quantitative estimate of drug-likeness (QED) is 0.349. The summed E-state index contributed by atoms with van der Waals surface area (Å²) >= 11 is 1.25. The SMILES string of the molecule is COC[C@H](C)Oc1cc(Oc2ccc(S(C)(=O)=O)cc2)cc(C(=O)Nc2nc(C[PH](C)=O)cs2)c1. The van der Waals surface area contributed by atoms with Crippen molar-refractivity contribution >= 4 is 40.0 Å². The predicted molar refractivity (Wildman–Crippen MR) is 137 cm³/mol. The van der Waals surface area contributed by atoms with Gasteiger partial charge in [-0.25, -0.2) is 13.4 Å². The number of carbonyl (C=O) groups is 1. The Morgan fingerprint density at radius 3 is 2.46 bits per heavy atom. The van der Waals surface area contributed by atoms with Crippen molar-refractivity contribution in [3.05, 3.63) is 59.1 Å². The summed E-state index contributed by atoms with van der Waals surface area (Å²) in [4.78, 5) is 17.5. The van der Waals surface area contributed by atoms with Gasteiger partial charge in [-0.15, -0.1) is 11.3 Å². The van der Waals surface area contributed by atoms with Crippen molar-refractivity contribution in [2.75, 3.05) is 32.0 Å². The van der Waals surface area contributed by atoms with Crippen LogP contribution < -0.4 is 14.8 Å². The Hall–Kier alpha value is -2.72. The van der Waals surface area contributed by atoms with Crippen LogP contribution in [0.25, 0.3) is 0 Å². The van der Waals surface area contributed by atoms with E-state index in [1.807, 2.05) is 6.92 Å². The van der Waals surface area contributed by atoms with E-state index in [0.717, 1.165) is 6.26 Å². The van der Waals surface area contributed by atoms with Crippen molar-refractivity contribution in [2.45, 2.75) is 24.1 Å². The second-order valence-corrected chi connectivity index (χ2v) is 12.5. The first-order valence-corrected chi connectivity index (χ1v) is 15.5. The van der Waals surface area contributed by atoms with Crippen molar-refractivity contribution < 1.29 is 32.0 Å². The molecular formula is C23H27N2O7PS2. The highest BCUT2D eigenvalue weighted by Gasteiger charge is 2.15. The number of amides is 1. The van der Waals surface area contributed by atoms with Crippen LogP contribution in [0.3, 0.4) is 0 Å². The van der Waals surface area contributed by atoms with Crippen LogP contribution in [0.4, 0.5) is 5.13 Å². The highest BCUT2D eigenvalue weighted by atomic mass is 32.2. The lowest BCUT2D eigenvalue weighted by atomic mass is 10.2. The summed E-state index contributed by atoms with van der Waals surface area (Å²) in [6, 6.07) is 10.7. The fraction of sp³-hybridized carbons (Fsp3) is 0.304. The van der Waals surface area contributed by atoms with Crippen LogP contribution in [-0.2, 0) is 25.3 Å². The smallest absolute Gasteiger partial charge is 0.257 e. The highest BCUT2D eigenvalue weighted by molar-refractivity contribution is 7.90. The molecule has 12 heteroatoms. The number of hydrogen-bond donors (Lipinski definition) is 1. The van der Waals surface area contributed by atoms with Crippen LogP contribution in [0, 0.1) is 0 Å². The first-order chi connectivity index (χ1) is 16.5. The van der Waals surface area contributed by atoms with E-state index >= 15 is 0 Å². The van der Waals surface area contributed by atoms with Gasteiger partial charge in [0.05, 0.1) is 25.0 Å². The minimum Gasteiger partial charge on any atom is -0.488 e. The fourth-order valence-electron chi connectivity index (χ4n) is 3.09. The Labute approximate surface area is 209 Å². The Bertz CT molecular complexity index is 1310. The molecule has 1 unspecified atom stereocenters. The molecule has 0 bridgehead atoms. The van der Waals surface area contributed by atoms with Gasteiger partial charge in [-0.2, -0.15) is 0 Å². The van der Waals surface area contributed by atoms with Crippen LogP contribution in [0.2, 0.25) is 0 Å². The number of sulfone groups is 1. The van der Waals surface area contributed by atoms with Gasteiger partial charge in [-0.3, -0.25) is 10.1 Å². The maximum atomic E-state index is 13.0. The van der Waals surface area contributed by atoms with Crippen LogP contribution in [0.1, 0.15) is 23.0 Å². The van der Waals surface area contributed by atoms with Crippen LogP contribution in [0.15, 0.2) is 52.7 Å². The van der Waals surface area contributed by atoms with E-state index in [1.165, 1.54) is 35.6 Å². The Balaban J connectivity index is 1.85. The van der Waals surface area contributed by atoms with Gasteiger partial charge < -0.3 is 18.8 Å². The summed E-state index contributed by atoms with van der Waals surface area (Å²) in [5.74, 6) is 0.700. The Morgan fingerprint density at radius 1 is 1.14 bits per heavy atom. The number of nitrogens with zero attached hydrogens (tertiary/aromatic N) is 1. The van der Waals surface area contributed by atoms with Crippen molar-refractivity contribution in [3.8, 4) is 17.2 Å². The van der Waals surface area contributed by atoms with Gasteiger partial charge >= 0.3 is 0 Å². The van der Waals surface area contributed by atoms with Crippen molar-refractivity contribution in [1.29, 1.82) is 0 Å². The third kappa shape index (κ3) is 8.17. The number of carbonyl (C=O) groups excluding carboxylic acids is 1. The van der Waals surface area contributed by atoms with Gasteiger partial charge in [0, 0.05) is 36.5 Å². The molecule has 3 rings (SSSR count).